The molecule has 1 aromatic rings. The Bertz CT molecular complexity index is 753. The van der Waals surface area contributed by atoms with Crippen molar-refractivity contribution < 1.29 is 22.8 Å². The molecule has 4 bridgehead atoms. The Morgan fingerprint density at radius 3 is 2.00 bits per heavy atom. The molecule has 0 saturated heterocycles. The van der Waals surface area contributed by atoms with E-state index in [2.05, 4.69) is 10.6 Å². The SMILES string of the molecule is CC(=O)Nc1ccc(C(F)(F)F)cc1NC(=O)C12CC3CC(CC(C3)C1)C2. The molecule has 2 N–H and O–H groups in total. The van der Waals surface area contributed by atoms with Gasteiger partial charge in [0, 0.05) is 6.92 Å². The minimum Gasteiger partial charge on any atom is -0.325 e. The molecule has 5 rings (SSSR count). The van der Waals surface area contributed by atoms with E-state index in [1.54, 1.807) is 0 Å². The molecule has 0 aliphatic heterocycles. The number of alkyl halides is 3. The zero-order chi connectivity index (χ0) is 19.4. The van der Waals surface area contributed by atoms with Crippen LogP contribution in [0.3, 0.4) is 0 Å². The molecule has 0 radical (unpaired) electrons. The van der Waals surface area contributed by atoms with Crippen molar-refractivity contribution in [3.05, 3.63) is 23.8 Å². The first-order valence-corrected chi connectivity index (χ1v) is 9.45. The van der Waals surface area contributed by atoms with E-state index in [9.17, 15) is 22.8 Å². The Morgan fingerprint density at radius 1 is 0.963 bits per heavy atom. The van der Waals surface area contributed by atoms with Gasteiger partial charge in [0.1, 0.15) is 0 Å². The summed E-state index contributed by atoms with van der Waals surface area (Å²) >= 11 is 0. The Morgan fingerprint density at radius 2 is 1.52 bits per heavy atom. The lowest BCUT2D eigenvalue weighted by Crippen LogP contribution is -2.51. The zero-order valence-corrected chi connectivity index (χ0v) is 15.2. The van der Waals surface area contributed by atoms with E-state index >= 15 is 0 Å². The Kier molecular flexibility index (Phi) is 4.24. The van der Waals surface area contributed by atoms with E-state index in [4.69, 9.17) is 0 Å². The lowest BCUT2D eigenvalue weighted by atomic mass is 9.49. The molecule has 146 valence electrons. The predicted octanol–water partition coefficient (Wildman–Crippen LogP) is 4.82. The van der Waals surface area contributed by atoms with Gasteiger partial charge >= 0.3 is 6.18 Å². The first-order chi connectivity index (χ1) is 12.6. The standard InChI is InChI=1S/C20H23F3N2O2/c1-11(26)24-16-3-2-15(20(21,22)23)7-17(16)25-18(27)19-8-12-4-13(9-19)6-14(5-12)10-19/h2-3,7,12-14H,4-6,8-10H2,1H3,(H,24,26)(H,25,27). The molecule has 4 nitrogen and oxygen atoms in total. The second-order valence-electron chi connectivity index (χ2n) is 8.59. The topological polar surface area (TPSA) is 58.2 Å². The highest BCUT2D eigenvalue weighted by molar-refractivity contribution is 6.01. The van der Waals surface area contributed by atoms with Gasteiger partial charge in [0.25, 0.3) is 0 Å². The van der Waals surface area contributed by atoms with Crippen LogP contribution in [-0.2, 0) is 15.8 Å². The second kappa shape index (κ2) is 6.24. The number of hydrogen-bond acceptors (Lipinski definition) is 2. The minimum atomic E-state index is -4.52. The Balaban J connectivity index is 1.62. The van der Waals surface area contributed by atoms with Gasteiger partial charge in [0.15, 0.2) is 0 Å². The van der Waals surface area contributed by atoms with Gasteiger partial charge in [-0.2, -0.15) is 13.2 Å². The van der Waals surface area contributed by atoms with Crippen LogP contribution in [0.25, 0.3) is 0 Å². The molecule has 0 heterocycles. The summed E-state index contributed by atoms with van der Waals surface area (Å²) in [7, 11) is 0. The average molecular weight is 380 g/mol. The van der Waals surface area contributed by atoms with E-state index in [-0.39, 0.29) is 17.3 Å². The van der Waals surface area contributed by atoms with Crippen molar-refractivity contribution in [1.29, 1.82) is 0 Å². The van der Waals surface area contributed by atoms with Crippen molar-refractivity contribution in [2.45, 2.75) is 51.6 Å². The molecule has 27 heavy (non-hydrogen) atoms. The number of carbonyl (C=O) groups is 2. The molecule has 1 aromatic carbocycles. The lowest BCUT2D eigenvalue weighted by Gasteiger charge is -2.55. The van der Waals surface area contributed by atoms with E-state index < -0.39 is 23.1 Å². The molecule has 4 aliphatic rings. The zero-order valence-electron chi connectivity index (χ0n) is 15.2. The first-order valence-electron chi connectivity index (χ1n) is 9.45. The third kappa shape index (κ3) is 3.44. The van der Waals surface area contributed by atoms with Crippen molar-refractivity contribution in [3.63, 3.8) is 0 Å². The molecule has 4 aliphatic carbocycles. The maximum absolute atomic E-state index is 13.2. The van der Waals surface area contributed by atoms with Crippen molar-refractivity contribution in [3.8, 4) is 0 Å². The summed E-state index contributed by atoms with van der Waals surface area (Å²) in [5.41, 5.74) is -1.12. The number of amides is 2. The summed E-state index contributed by atoms with van der Waals surface area (Å²) in [6.07, 6.45) is 1.46. The normalized spacial score (nSPS) is 31.6. The van der Waals surface area contributed by atoms with Crippen LogP contribution in [0, 0.1) is 23.2 Å². The summed E-state index contributed by atoms with van der Waals surface area (Å²) in [6.45, 7) is 1.28. The lowest BCUT2D eigenvalue weighted by molar-refractivity contribution is -0.140. The number of rotatable bonds is 3. The van der Waals surface area contributed by atoms with Gasteiger partial charge in [-0.3, -0.25) is 9.59 Å². The third-order valence-electron chi connectivity index (χ3n) is 6.43. The summed E-state index contributed by atoms with van der Waals surface area (Å²) in [5.74, 6) is 1.06. The van der Waals surface area contributed by atoms with Gasteiger partial charge in [-0.25, -0.2) is 0 Å². The number of anilines is 2. The van der Waals surface area contributed by atoms with Crippen LogP contribution >= 0.6 is 0 Å². The van der Waals surface area contributed by atoms with Crippen LogP contribution in [0.15, 0.2) is 18.2 Å². The molecule has 0 aromatic heterocycles. The molecule has 4 fully saturated rings. The fourth-order valence-electron chi connectivity index (χ4n) is 5.77. The summed E-state index contributed by atoms with van der Waals surface area (Å²) in [6, 6.07) is 3.01. The average Bonchev–Trinajstić information content (AvgIpc) is 2.53. The maximum atomic E-state index is 13.2. The predicted molar refractivity (Wildman–Crippen MR) is 95.0 cm³/mol. The summed E-state index contributed by atoms with van der Waals surface area (Å²) in [4.78, 5) is 24.6. The number of hydrogen-bond donors (Lipinski definition) is 2. The van der Waals surface area contributed by atoms with Gasteiger partial charge in [-0.15, -0.1) is 0 Å². The second-order valence-corrected chi connectivity index (χ2v) is 8.59. The highest BCUT2D eigenvalue weighted by atomic mass is 19.4. The van der Waals surface area contributed by atoms with Crippen LogP contribution in [0.1, 0.15) is 51.0 Å². The van der Waals surface area contributed by atoms with Crippen LogP contribution in [0.4, 0.5) is 24.5 Å². The summed E-state index contributed by atoms with van der Waals surface area (Å²) < 4.78 is 39.3. The fraction of sp³-hybridized carbons (Fsp3) is 0.600. The van der Waals surface area contributed by atoms with Crippen LogP contribution in [0.2, 0.25) is 0 Å². The Hall–Kier alpha value is -2.05. The van der Waals surface area contributed by atoms with Crippen LogP contribution in [-0.4, -0.2) is 11.8 Å². The van der Waals surface area contributed by atoms with Gasteiger partial charge in [0.05, 0.1) is 22.4 Å². The molecule has 2 amide bonds. The van der Waals surface area contributed by atoms with E-state index in [0.29, 0.717) is 17.8 Å². The first kappa shape index (κ1) is 18.3. The largest absolute Gasteiger partial charge is 0.416 e. The number of nitrogens with one attached hydrogen (secondary N) is 2. The minimum absolute atomic E-state index is 0.0146. The van der Waals surface area contributed by atoms with Crippen molar-refractivity contribution in [2.75, 3.05) is 10.6 Å². The highest BCUT2D eigenvalue weighted by Crippen LogP contribution is 2.60. The quantitative estimate of drug-likeness (QED) is 0.790. The van der Waals surface area contributed by atoms with Gasteiger partial charge < -0.3 is 10.6 Å². The third-order valence-corrected chi connectivity index (χ3v) is 6.43. The number of halogens is 3. The molecule has 0 atom stereocenters. The van der Waals surface area contributed by atoms with E-state index in [1.165, 1.54) is 32.3 Å². The van der Waals surface area contributed by atoms with E-state index in [0.717, 1.165) is 31.4 Å². The molecule has 0 unspecified atom stereocenters. The van der Waals surface area contributed by atoms with Crippen molar-refractivity contribution in [2.24, 2.45) is 23.2 Å². The number of carbonyl (C=O) groups excluding carboxylic acids is 2. The smallest absolute Gasteiger partial charge is 0.325 e. The Labute approximate surface area is 155 Å². The van der Waals surface area contributed by atoms with Crippen LogP contribution in [0.5, 0.6) is 0 Å². The highest BCUT2D eigenvalue weighted by Gasteiger charge is 2.54. The monoisotopic (exact) mass is 380 g/mol. The van der Waals surface area contributed by atoms with Gasteiger partial charge in [-0.1, -0.05) is 0 Å². The van der Waals surface area contributed by atoms with Crippen molar-refractivity contribution in [1.82, 2.24) is 0 Å². The van der Waals surface area contributed by atoms with Gasteiger partial charge in [-0.05, 0) is 74.5 Å². The molecular weight excluding hydrogens is 357 g/mol. The fourth-order valence-corrected chi connectivity index (χ4v) is 5.77. The molecule has 7 heteroatoms. The van der Waals surface area contributed by atoms with E-state index in [1.807, 2.05) is 0 Å². The van der Waals surface area contributed by atoms with Crippen molar-refractivity contribution >= 4 is 23.2 Å². The maximum Gasteiger partial charge on any atom is 0.416 e. The van der Waals surface area contributed by atoms with Crippen LogP contribution < -0.4 is 10.6 Å². The molecular formula is C20H23F3N2O2. The van der Waals surface area contributed by atoms with Gasteiger partial charge in [0.2, 0.25) is 11.8 Å². The number of benzene rings is 1. The molecule has 4 saturated carbocycles. The summed E-state index contributed by atoms with van der Waals surface area (Å²) in [5, 5.41) is 5.24. The molecule has 0 spiro atoms.